The molecular formula is C20H22FN5O2. The number of fused-ring (bicyclic) bond motifs is 1. The molecular weight excluding hydrogens is 361 g/mol. The number of aromatic nitrogens is 3. The number of rotatable bonds is 5. The Balaban J connectivity index is 1.36. The molecule has 3 heterocycles. The minimum atomic E-state index is -1.05. The summed E-state index contributed by atoms with van der Waals surface area (Å²) < 4.78 is 14.9. The molecule has 3 aromatic rings. The first-order valence-corrected chi connectivity index (χ1v) is 9.28. The first-order valence-electron chi connectivity index (χ1n) is 9.28. The minimum absolute atomic E-state index is 0.139. The summed E-state index contributed by atoms with van der Waals surface area (Å²) in [5.41, 5.74) is 0.673. The molecule has 0 aliphatic carbocycles. The summed E-state index contributed by atoms with van der Waals surface area (Å²) in [4.78, 5) is 22.7. The number of benzene rings is 1. The van der Waals surface area contributed by atoms with E-state index in [1.807, 2.05) is 29.2 Å². The van der Waals surface area contributed by atoms with Crippen LogP contribution in [0.5, 0.6) is 0 Å². The minimum Gasteiger partial charge on any atom is -0.386 e. The van der Waals surface area contributed by atoms with E-state index >= 15 is 0 Å². The average molecular weight is 383 g/mol. The van der Waals surface area contributed by atoms with Crippen molar-refractivity contribution in [2.75, 3.05) is 24.5 Å². The molecule has 1 aliphatic rings. The SMILES string of the molecule is O=C(Cn1cnc2ccccc21)NCC1(O)CCCN(c2ccc(F)cn2)C1. The molecule has 28 heavy (non-hydrogen) atoms. The molecule has 0 saturated carbocycles. The molecule has 1 atom stereocenters. The summed E-state index contributed by atoms with van der Waals surface area (Å²) in [5, 5.41) is 13.8. The topological polar surface area (TPSA) is 83.3 Å². The van der Waals surface area contributed by atoms with Crippen LogP contribution in [0.1, 0.15) is 12.8 Å². The zero-order valence-electron chi connectivity index (χ0n) is 15.4. The van der Waals surface area contributed by atoms with Gasteiger partial charge < -0.3 is 19.9 Å². The number of anilines is 1. The lowest BCUT2D eigenvalue weighted by molar-refractivity contribution is -0.123. The van der Waals surface area contributed by atoms with Gasteiger partial charge in [-0.2, -0.15) is 0 Å². The summed E-state index contributed by atoms with van der Waals surface area (Å²) in [6, 6.07) is 10.6. The lowest BCUT2D eigenvalue weighted by atomic mass is 9.92. The second kappa shape index (κ2) is 7.55. The predicted octanol–water partition coefficient (Wildman–Crippen LogP) is 1.72. The van der Waals surface area contributed by atoms with Crippen LogP contribution in [0.15, 0.2) is 48.9 Å². The van der Waals surface area contributed by atoms with E-state index in [1.165, 1.54) is 12.3 Å². The van der Waals surface area contributed by atoms with Gasteiger partial charge in [-0.3, -0.25) is 4.79 Å². The summed E-state index contributed by atoms with van der Waals surface area (Å²) in [7, 11) is 0. The smallest absolute Gasteiger partial charge is 0.240 e. The zero-order chi connectivity index (χ0) is 19.6. The van der Waals surface area contributed by atoms with Gasteiger partial charge in [0.2, 0.25) is 5.91 Å². The second-order valence-corrected chi connectivity index (χ2v) is 7.22. The van der Waals surface area contributed by atoms with Crippen LogP contribution in [0.25, 0.3) is 11.0 Å². The average Bonchev–Trinajstić information content (AvgIpc) is 3.10. The highest BCUT2D eigenvalue weighted by atomic mass is 19.1. The maximum Gasteiger partial charge on any atom is 0.240 e. The number of hydrogen-bond acceptors (Lipinski definition) is 5. The number of halogens is 1. The fourth-order valence-electron chi connectivity index (χ4n) is 3.62. The van der Waals surface area contributed by atoms with Crippen molar-refractivity contribution in [2.24, 2.45) is 0 Å². The van der Waals surface area contributed by atoms with Gasteiger partial charge in [0, 0.05) is 19.6 Å². The second-order valence-electron chi connectivity index (χ2n) is 7.22. The number of carbonyl (C=O) groups is 1. The van der Waals surface area contributed by atoms with Crippen LogP contribution in [0.3, 0.4) is 0 Å². The molecule has 0 bridgehead atoms. The van der Waals surface area contributed by atoms with Crippen molar-refractivity contribution >= 4 is 22.8 Å². The maximum absolute atomic E-state index is 13.1. The van der Waals surface area contributed by atoms with E-state index in [4.69, 9.17) is 0 Å². The molecule has 2 aromatic heterocycles. The molecule has 1 saturated heterocycles. The quantitative estimate of drug-likeness (QED) is 0.701. The van der Waals surface area contributed by atoms with E-state index in [9.17, 15) is 14.3 Å². The number of para-hydroxylation sites is 2. The molecule has 2 N–H and O–H groups in total. The van der Waals surface area contributed by atoms with E-state index in [0.717, 1.165) is 24.0 Å². The van der Waals surface area contributed by atoms with Crippen molar-refractivity contribution in [3.63, 3.8) is 0 Å². The summed E-state index contributed by atoms with van der Waals surface area (Å²) >= 11 is 0. The van der Waals surface area contributed by atoms with E-state index in [0.29, 0.717) is 18.8 Å². The molecule has 8 heteroatoms. The van der Waals surface area contributed by atoms with Crippen LogP contribution >= 0.6 is 0 Å². The standard InChI is InChI=1S/C20H22FN5O2/c21-15-6-7-18(22-10-15)25-9-3-8-20(28,13-25)12-23-19(27)11-26-14-24-16-4-1-2-5-17(16)26/h1-2,4-7,10,14,28H,3,8-9,11-13H2,(H,23,27). The third-order valence-corrected chi connectivity index (χ3v) is 5.05. The molecule has 7 nitrogen and oxygen atoms in total. The van der Waals surface area contributed by atoms with E-state index in [2.05, 4.69) is 15.3 Å². The lowest BCUT2D eigenvalue weighted by Crippen LogP contribution is -2.54. The van der Waals surface area contributed by atoms with Gasteiger partial charge in [0.05, 0.1) is 29.2 Å². The van der Waals surface area contributed by atoms with Crippen LogP contribution in [0, 0.1) is 5.82 Å². The summed E-state index contributed by atoms with van der Waals surface area (Å²) in [6.07, 6.45) is 4.15. The Morgan fingerprint density at radius 2 is 2.11 bits per heavy atom. The number of amides is 1. The first-order chi connectivity index (χ1) is 13.5. The predicted molar refractivity (Wildman–Crippen MR) is 103 cm³/mol. The Kier molecular flexibility index (Phi) is 4.95. The van der Waals surface area contributed by atoms with Crippen LogP contribution in [0.2, 0.25) is 0 Å². The Morgan fingerprint density at radius 3 is 2.93 bits per heavy atom. The van der Waals surface area contributed by atoms with E-state index < -0.39 is 11.4 Å². The van der Waals surface area contributed by atoms with Crippen LogP contribution < -0.4 is 10.2 Å². The highest BCUT2D eigenvalue weighted by Gasteiger charge is 2.34. The van der Waals surface area contributed by atoms with Crippen molar-refractivity contribution in [3.8, 4) is 0 Å². The molecule has 0 radical (unpaired) electrons. The van der Waals surface area contributed by atoms with Gasteiger partial charge in [-0.1, -0.05) is 12.1 Å². The Hall–Kier alpha value is -3.00. The van der Waals surface area contributed by atoms with Crippen molar-refractivity contribution in [2.45, 2.75) is 25.0 Å². The van der Waals surface area contributed by atoms with Crippen molar-refractivity contribution in [1.29, 1.82) is 0 Å². The van der Waals surface area contributed by atoms with Crippen LogP contribution in [-0.2, 0) is 11.3 Å². The van der Waals surface area contributed by atoms with Crippen LogP contribution in [-0.4, -0.2) is 50.8 Å². The van der Waals surface area contributed by atoms with Gasteiger partial charge in [0.15, 0.2) is 0 Å². The number of pyridine rings is 1. The Bertz CT molecular complexity index is 974. The first kappa shape index (κ1) is 18.4. The molecule has 146 valence electrons. The van der Waals surface area contributed by atoms with Gasteiger partial charge in [-0.05, 0) is 37.1 Å². The Labute approximate surface area is 161 Å². The van der Waals surface area contributed by atoms with Gasteiger partial charge in [0.1, 0.15) is 18.2 Å². The molecule has 1 aliphatic heterocycles. The van der Waals surface area contributed by atoms with E-state index in [1.54, 1.807) is 17.0 Å². The van der Waals surface area contributed by atoms with Gasteiger partial charge in [-0.25, -0.2) is 14.4 Å². The number of imidazole rings is 1. The van der Waals surface area contributed by atoms with Crippen molar-refractivity contribution in [3.05, 3.63) is 54.7 Å². The molecule has 1 amide bonds. The number of carbonyl (C=O) groups excluding carboxylic acids is 1. The summed E-state index contributed by atoms with van der Waals surface area (Å²) in [6.45, 7) is 1.35. The third-order valence-electron chi connectivity index (χ3n) is 5.05. The fourth-order valence-corrected chi connectivity index (χ4v) is 3.62. The van der Waals surface area contributed by atoms with Gasteiger partial charge >= 0.3 is 0 Å². The highest BCUT2D eigenvalue weighted by molar-refractivity contribution is 5.80. The Morgan fingerprint density at radius 1 is 1.25 bits per heavy atom. The molecule has 4 rings (SSSR count). The number of aliphatic hydroxyl groups is 1. The number of hydrogen-bond donors (Lipinski definition) is 2. The summed E-state index contributed by atoms with van der Waals surface area (Å²) in [5.74, 6) is 0.0413. The van der Waals surface area contributed by atoms with Gasteiger partial charge in [0.25, 0.3) is 0 Å². The van der Waals surface area contributed by atoms with Crippen LogP contribution in [0.4, 0.5) is 10.2 Å². The van der Waals surface area contributed by atoms with Crippen molar-refractivity contribution < 1.29 is 14.3 Å². The van der Waals surface area contributed by atoms with Gasteiger partial charge in [-0.15, -0.1) is 0 Å². The number of nitrogens with one attached hydrogen (secondary N) is 1. The number of nitrogens with zero attached hydrogens (tertiary/aromatic N) is 4. The molecule has 1 fully saturated rings. The molecule has 0 spiro atoms. The number of β-amino-alcohol motifs (C(OH)–C–C–N with tert-alkyl or cyclic N) is 1. The van der Waals surface area contributed by atoms with E-state index in [-0.39, 0.29) is 19.0 Å². The fraction of sp³-hybridized carbons (Fsp3) is 0.350. The molecule has 1 unspecified atom stereocenters. The third kappa shape index (κ3) is 3.96. The lowest BCUT2D eigenvalue weighted by Gasteiger charge is -2.39. The zero-order valence-corrected chi connectivity index (χ0v) is 15.4. The molecule has 1 aromatic carbocycles. The highest BCUT2D eigenvalue weighted by Crippen LogP contribution is 2.24. The number of piperidine rings is 1. The largest absolute Gasteiger partial charge is 0.386 e. The monoisotopic (exact) mass is 383 g/mol. The normalized spacial score (nSPS) is 19.7. The maximum atomic E-state index is 13.1. The van der Waals surface area contributed by atoms with Crippen molar-refractivity contribution in [1.82, 2.24) is 19.9 Å².